The normalized spacial score (nSPS) is 17.2. The molecule has 0 aliphatic heterocycles. The van der Waals surface area contributed by atoms with Gasteiger partial charge in [-0.05, 0) is 30.7 Å². The van der Waals surface area contributed by atoms with Crippen molar-refractivity contribution in [2.45, 2.75) is 32.2 Å². The van der Waals surface area contributed by atoms with E-state index < -0.39 is 0 Å². The number of carbonyl (C=O) groups is 1. The summed E-state index contributed by atoms with van der Waals surface area (Å²) < 4.78 is 0. The van der Waals surface area contributed by atoms with Crippen molar-refractivity contribution in [1.29, 1.82) is 0 Å². The van der Waals surface area contributed by atoms with Gasteiger partial charge in [0.1, 0.15) is 0 Å². The summed E-state index contributed by atoms with van der Waals surface area (Å²) in [4.78, 5) is 11.9. The van der Waals surface area contributed by atoms with E-state index in [1.165, 1.54) is 18.4 Å². The fourth-order valence-electron chi connectivity index (χ4n) is 2.13. The van der Waals surface area contributed by atoms with Crippen molar-refractivity contribution in [2.24, 2.45) is 17.6 Å². The van der Waals surface area contributed by atoms with E-state index in [9.17, 15) is 4.79 Å². The van der Waals surface area contributed by atoms with Crippen LogP contribution in [0.15, 0.2) is 30.3 Å². The monoisotopic (exact) mass is 282 g/mol. The summed E-state index contributed by atoms with van der Waals surface area (Å²) in [5.74, 6) is 0.645. The molecule has 1 aromatic carbocycles. The van der Waals surface area contributed by atoms with Gasteiger partial charge in [0.2, 0.25) is 5.91 Å². The van der Waals surface area contributed by atoms with Crippen LogP contribution in [0.2, 0.25) is 0 Å². The summed E-state index contributed by atoms with van der Waals surface area (Å²) in [6.45, 7) is 2.29. The average molecular weight is 283 g/mol. The first-order valence-corrected chi connectivity index (χ1v) is 6.75. The van der Waals surface area contributed by atoms with E-state index in [2.05, 4.69) is 17.4 Å². The zero-order chi connectivity index (χ0) is 13.0. The van der Waals surface area contributed by atoms with E-state index in [-0.39, 0.29) is 30.3 Å². The number of nitrogens with one attached hydrogen (secondary N) is 1. The fourth-order valence-corrected chi connectivity index (χ4v) is 2.13. The van der Waals surface area contributed by atoms with Gasteiger partial charge in [-0.25, -0.2) is 0 Å². The average Bonchev–Trinajstić information content (AvgIpc) is 3.22. The summed E-state index contributed by atoms with van der Waals surface area (Å²) in [6.07, 6.45) is 3.39. The smallest absolute Gasteiger partial charge is 0.224 e. The molecule has 0 aromatic heterocycles. The van der Waals surface area contributed by atoms with Crippen molar-refractivity contribution in [3.63, 3.8) is 0 Å². The van der Waals surface area contributed by atoms with Gasteiger partial charge in [-0.2, -0.15) is 0 Å². The third-order valence-electron chi connectivity index (χ3n) is 3.62. The summed E-state index contributed by atoms with van der Waals surface area (Å²) in [6, 6.07) is 10.6. The van der Waals surface area contributed by atoms with Gasteiger partial charge in [-0.15, -0.1) is 12.4 Å². The molecule has 1 aliphatic rings. The molecule has 3 N–H and O–H groups in total. The topological polar surface area (TPSA) is 55.1 Å². The lowest BCUT2D eigenvalue weighted by atomic mass is 10.0. The van der Waals surface area contributed by atoms with Gasteiger partial charge >= 0.3 is 0 Å². The largest absolute Gasteiger partial charge is 0.352 e. The molecule has 0 spiro atoms. The lowest BCUT2D eigenvalue weighted by Crippen LogP contribution is -2.42. The van der Waals surface area contributed by atoms with Crippen molar-refractivity contribution >= 4 is 18.3 Å². The van der Waals surface area contributed by atoms with Gasteiger partial charge in [0.15, 0.2) is 0 Å². The van der Waals surface area contributed by atoms with Crippen molar-refractivity contribution in [2.75, 3.05) is 6.54 Å². The quantitative estimate of drug-likeness (QED) is 0.840. The number of hydrogen-bond donors (Lipinski definition) is 2. The predicted molar refractivity (Wildman–Crippen MR) is 80.3 cm³/mol. The molecule has 0 radical (unpaired) electrons. The highest BCUT2D eigenvalue weighted by atomic mass is 35.5. The Morgan fingerprint density at radius 1 is 1.37 bits per heavy atom. The van der Waals surface area contributed by atoms with Gasteiger partial charge in [0.05, 0.1) is 0 Å². The van der Waals surface area contributed by atoms with Crippen LogP contribution in [0.25, 0.3) is 0 Å². The lowest BCUT2D eigenvalue weighted by molar-refractivity contribution is -0.125. The van der Waals surface area contributed by atoms with Crippen molar-refractivity contribution in [3.8, 4) is 0 Å². The first-order chi connectivity index (χ1) is 8.70. The summed E-state index contributed by atoms with van der Waals surface area (Å²) in [5, 5.41) is 3.16. The zero-order valence-electron chi connectivity index (χ0n) is 11.3. The Morgan fingerprint density at radius 3 is 2.53 bits per heavy atom. The second-order valence-corrected chi connectivity index (χ2v) is 5.28. The molecule has 4 heteroatoms. The minimum Gasteiger partial charge on any atom is -0.352 e. The molecule has 0 saturated heterocycles. The van der Waals surface area contributed by atoms with Crippen LogP contribution in [0, 0.1) is 11.8 Å². The number of hydrogen-bond acceptors (Lipinski definition) is 2. The van der Waals surface area contributed by atoms with E-state index in [1.807, 2.05) is 25.1 Å². The lowest BCUT2D eigenvalue weighted by Gasteiger charge is -2.20. The maximum absolute atomic E-state index is 11.9. The van der Waals surface area contributed by atoms with Crippen LogP contribution >= 0.6 is 12.4 Å². The molecule has 2 atom stereocenters. The van der Waals surface area contributed by atoms with Crippen LogP contribution in [0.5, 0.6) is 0 Å². The van der Waals surface area contributed by atoms with Crippen molar-refractivity contribution < 1.29 is 4.79 Å². The third kappa shape index (κ3) is 4.84. The summed E-state index contributed by atoms with van der Waals surface area (Å²) in [7, 11) is 0. The Hall–Kier alpha value is -1.06. The molecule has 3 nitrogen and oxygen atoms in total. The molecule has 1 amide bonds. The van der Waals surface area contributed by atoms with Crippen LogP contribution < -0.4 is 11.1 Å². The number of halogens is 1. The van der Waals surface area contributed by atoms with E-state index in [0.29, 0.717) is 12.5 Å². The second kappa shape index (κ2) is 7.51. The van der Waals surface area contributed by atoms with Gasteiger partial charge in [-0.3, -0.25) is 4.79 Å². The molecule has 1 saturated carbocycles. The highest BCUT2D eigenvalue weighted by molar-refractivity contribution is 5.85. The third-order valence-corrected chi connectivity index (χ3v) is 3.62. The summed E-state index contributed by atoms with van der Waals surface area (Å²) >= 11 is 0. The summed E-state index contributed by atoms with van der Waals surface area (Å²) in [5.41, 5.74) is 6.82. The molecule has 2 unspecified atom stereocenters. The van der Waals surface area contributed by atoms with Crippen LogP contribution in [-0.2, 0) is 11.2 Å². The molecule has 0 heterocycles. The molecule has 2 rings (SSSR count). The molecule has 1 aliphatic carbocycles. The fraction of sp³-hybridized carbons (Fsp3) is 0.533. The standard InChI is InChI=1S/C15H22N2O.ClH/c1-11(10-16)15(18)17-14(13-7-8-13)9-12-5-3-2-4-6-12;/h2-6,11,13-14H,7-10,16H2,1H3,(H,17,18);1H. The van der Waals surface area contributed by atoms with E-state index >= 15 is 0 Å². The number of benzene rings is 1. The Bertz CT molecular complexity index is 392. The second-order valence-electron chi connectivity index (χ2n) is 5.28. The highest BCUT2D eigenvalue weighted by Crippen LogP contribution is 2.34. The van der Waals surface area contributed by atoms with Crippen molar-refractivity contribution in [1.82, 2.24) is 5.32 Å². The van der Waals surface area contributed by atoms with Gasteiger partial charge in [0, 0.05) is 18.5 Å². The van der Waals surface area contributed by atoms with E-state index in [1.54, 1.807) is 0 Å². The Balaban J connectivity index is 0.00000180. The van der Waals surface area contributed by atoms with Gasteiger partial charge in [0.25, 0.3) is 0 Å². The number of carbonyl (C=O) groups excluding carboxylic acids is 1. The molecule has 19 heavy (non-hydrogen) atoms. The molecule has 0 bridgehead atoms. The first kappa shape index (κ1) is 16.0. The molecule has 106 valence electrons. The minimum atomic E-state index is -0.0953. The maximum atomic E-state index is 11.9. The molecular formula is C15H23ClN2O. The zero-order valence-corrected chi connectivity index (χ0v) is 12.2. The van der Waals surface area contributed by atoms with E-state index in [0.717, 1.165) is 6.42 Å². The Kier molecular flexibility index (Phi) is 6.32. The SMILES string of the molecule is CC(CN)C(=O)NC(Cc1ccccc1)C1CC1.Cl. The number of rotatable bonds is 6. The van der Waals surface area contributed by atoms with E-state index in [4.69, 9.17) is 5.73 Å². The van der Waals surface area contributed by atoms with Gasteiger partial charge in [-0.1, -0.05) is 37.3 Å². The Labute approximate surface area is 121 Å². The number of amides is 1. The minimum absolute atomic E-state index is 0. The van der Waals surface area contributed by atoms with Crippen LogP contribution in [-0.4, -0.2) is 18.5 Å². The Morgan fingerprint density at radius 2 is 2.00 bits per heavy atom. The molecular weight excluding hydrogens is 260 g/mol. The van der Waals surface area contributed by atoms with Crippen LogP contribution in [0.1, 0.15) is 25.3 Å². The van der Waals surface area contributed by atoms with Crippen LogP contribution in [0.4, 0.5) is 0 Å². The molecule has 1 aromatic rings. The predicted octanol–water partition coefficient (Wildman–Crippen LogP) is 2.14. The van der Waals surface area contributed by atoms with Gasteiger partial charge < -0.3 is 11.1 Å². The van der Waals surface area contributed by atoms with Crippen molar-refractivity contribution in [3.05, 3.63) is 35.9 Å². The molecule has 1 fully saturated rings. The number of nitrogens with two attached hydrogens (primary N) is 1. The van der Waals surface area contributed by atoms with Crippen LogP contribution in [0.3, 0.4) is 0 Å². The maximum Gasteiger partial charge on any atom is 0.224 e. The highest BCUT2D eigenvalue weighted by Gasteiger charge is 2.32. The first-order valence-electron chi connectivity index (χ1n) is 6.75.